The molecule has 0 atom stereocenters. The summed E-state index contributed by atoms with van der Waals surface area (Å²) in [5, 5.41) is 8.60. The molecule has 31 heavy (non-hydrogen) atoms. The molecule has 6 heteroatoms. The van der Waals surface area contributed by atoms with Gasteiger partial charge in [0.15, 0.2) is 0 Å². The monoisotopic (exact) mass is 427 g/mol. The largest absolute Gasteiger partial charge is 0.497 e. The number of benzene rings is 2. The van der Waals surface area contributed by atoms with E-state index in [0.29, 0.717) is 24.6 Å². The number of hydrogen-bond acceptors (Lipinski definition) is 4. The molecule has 0 saturated heterocycles. The van der Waals surface area contributed by atoms with Crippen molar-refractivity contribution >= 4 is 17.5 Å². The van der Waals surface area contributed by atoms with Crippen LogP contribution in [0, 0.1) is 5.92 Å². The Morgan fingerprint density at radius 1 is 0.839 bits per heavy atom. The van der Waals surface area contributed by atoms with E-state index in [4.69, 9.17) is 4.74 Å². The Labute approximate surface area is 186 Å². The highest BCUT2D eigenvalue weighted by Crippen LogP contribution is 2.15. The fraction of sp³-hybridized carbons (Fsp3) is 0.440. The molecule has 0 aromatic heterocycles. The van der Waals surface area contributed by atoms with Crippen LogP contribution in [0.1, 0.15) is 56.5 Å². The van der Waals surface area contributed by atoms with Gasteiger partial charge in [0.05, 0.1) is 13.7 Å². The van der Waals surface area contributed by atoms with Gasteiger partial charge in [-0.2, -0.15) is 0 Å². The lowest BCUT2D eigenvalue weighted by Crippen LogP contribution is -2.38. The van der Waals surface area contributed by atoms with Crippen LogP contribution in [0.25, 0.3) is 0 Å². The molecule has 2 aromatic carbocycles. The van der Waals surface area contributed by atoms with Gasteiger partial charge in [-0.1, -0.05) is 46.8 Å². The van der Waals surface area contributed by atoms with Crippen LogP contribution in [0.4, 0.5) is 5.69 Å². The molecule has 0 bridgehead atoms. The number of methoxy groups -OCH3 is 1. The van der Waals surface area contributed by atoms with Crippen LogP contribution in [0.3, 0.4) is 0 Å². The molecule has 0 aliphatic rings. The van der Waals surface area contributed by atoms with Crippen molar-refractivity contribution in [1.82, 2.24) is 10.6 Å². The van der Waals surface area contributed by atoms with E-state index in [9.17, 15) is 9.59 Å². The van der Waals surface area contributed by atoms with Gasteiger partial charge in [-0.3, -0.25) is 9.59 Å². The van der Waals surface area contributed by atoms with Crippen LogP contribution in [-0.2, 0) is 4.79 Å². The standard InChI is InChI=1S/C21H27N3O3.C4H10/c1-15(2)16-4-6-17(7-5-16)21(26)24-14-20(25)23-13-12-22-18-8-10-19(27-3)11-9-18;1-4(2)3/h4-11,15,22H,12-14H2,1-3H3,(H,23,25)(H,24,26);4H,1-3H3. The highest BCUT2D eigenvalue weighted by Gasteiger charge is 2.08. The van der Waals surface area contributed by atoms with E-state index in [0.717, 1.165) is 17.4 Å². The molecule has 0 radical (unpaired) electrons. The predicted molar refractivity (Wildman–Crippen MR) is 128 cm³/mol. The van der Waals surface area contributed by atoms with Crippen molar-refractivity contribution in [2.45, 2.75) is 40.5 Å². The zero-order valence-electron chi connectivity index (χ0n) is 19.6. The van der Waals surface area contributed by atoms with Gasteiger partial charge in [0.1, 0.15) is 5.75 Å². The second kappa shape index (κ2) is 14.1. The lowest BCUT2D eigenvalue weighted by Gasteiger charge is -2.10. The van der Waals surface area contributed by atoms with Crippen molar-refractivity contribution in [2.24, 2.45) is 5.92 Å². The van der Waals surface area contributed by atoms with Crippen molar-refractivity contribution in [1.29, 1.82) is 0 Å². The molecule has 2 rings (SSSR count). The Morgan fingerprint density at radius 2 is 1.42 bits per heavy atom. The molecule has 0 unspecified atom stereocenters. The number of anilines is 1. The van der Waals surface area contributed by atoms with Crippen molar-refractivity contribution in [3.05, 3.63) is 59.7 Å². The number of amides is 2. The van der Waals surface area contributed by atoms with Gasteiger partial charge in [-0.15, -0.1) is 0 Å². The van der Waals surface area contributed by atoms with Crippen LogP contribution < -0.4 is 20.7 Å². The minimum absolute atomic E-state index is 0.0483. The number of hydrogen-bond donors (Lipinski definition) is 3. The highest BCUT2D eigenvalue weighted by molar-refractivity contribution is 5.96. The fourth-order valence-electron chi connectivity index (χ4n) is 2.46. The summed E-state index contributed by atoms with van der Waals surface area (Å²) in [6.07, 6.45) is 0. The first-order chi connectivity index (χ1) is 14.7. The number of ether oxygens (including phenoxy) is 1. The lowest BCUT2D eigenvalue weighted by molar-refractivity contribution is -0.120. The Morgan fingerprint density at radius 3 is 1.94 bits per heavy atom. The molecule has 0 aliphatic heterocycles. The maximum atomic E-state index is 12.1. The van der Waals surface area contributed by atoms with Crippen molar-refractivity contribution < 1.29 is 14.3 Å². The first kappa shape index (κ1) is 26.0. The Balaban J connectivity index is 0.00000110. The van der Waals surface area contributed by atoms with Crippen molar-refractivity contribution in [3.63, 3.8) is 0 Å². The minimum atomic E-state index is -0.253. The van der Waals surface area contributed by atoms with Crippen LogP contribution >= 0.6 is 0 Å². The SMILES string of the molecule is CC(C)C.COc1ccc(NCCNC(=O)CNC(=O)c2ccc(C(C)C)cc2)cc1. The second-order valence-electron chi connectivity index (χ2n) is 8.20. The van der Waals surface area contributed by atoms with Crippen LogP contribution in [0.2, 0.25) is 0 Å². The van der Waals surface area contributed by atoms with E-state index in [2.05, 4.69) is 50.6 Å². The molecule has 2 amide bonds. The highest BCUT2D eigenvalue weighted by atomic mass is 16.5. The molecule has 2 aromatic rings. The molecule has 6 nitrogen and oxygen atoms in total. The summed E-state index contributed by atoms with van der Waals surface area (Å²) in [6, 6.07) is 15.0. The molecular formula is C25H37N3O3. The van der Waals surface area contributed by atoms with E-state index >= 15 is 0 Å². The molecule has 0 heterocycles. The summed E-state index contributed by atoms with van der Waals surface area (Å²) in [5.41, 5.74) is 2.67. The van der Waals surface area contributed by atoms with Gasteiger partial charge >= 0.3 is 0 Å². The second-order valence-corrected chi connectivity index (χ2v) is 8.20. The maximum absolute atomic E-state index is 12.1. The third-order valence-electron chi connectivity index (χ3n) is 4.12. The Bertz CT molecular complexity index is 782. The summed E-state index contributed by atoms with van der Waals surface area (Å²) < 4.78 is 5.10. The van der Waals surface area contributed by atoms with E-state index in [1.54, 1.807) is 19.2 Å². The topological polar surface area (TPSA) is 79.5 Å². The average Bonchev–Trinajstić information content (AvgIpc) is 2.75. The molecule has 3 N–H and O–H groups in total. The first-order valence-corrected chi connectivity index (χ1v) is 10.8. The summed E-state index contributed by atoms with van der Waals surface area (Å²) in [5.74, 6) is 1.57. The van der Waals surface area contributed by atoms with E-state index in [-0.39, 0.29) is 18.4 Å². The van der Waals surface area contributed by atoms with Crippen molar-refractivity contribution in [2.75, 3.05) is 32.1 Å². The fourth-order valence-corrected chi connectivity index (χ4v) is 2.46. The van der Waals surface area contributed by atoms with Gasteiger partial charge in [0.2, 0.25) is 5.91 Å². The van der Waals surface area contributed by atoms with E-state index < -0.39 is 0 Å². The van der Waals surface area contributed by atoms with Gasteiger partial charge in [0, 0.05) is 24.3 Å². The Hall–Kier alpha value is -3.02. The molecular weight excluding hydrogens is 390 g/mol. The molecule has 0 aliphatic carbocycles. The number of nitrogens with one attached hydrogen (secondary N) is 3. The lowest BCUT2D eigenvalue weighted by atomic mass is 10.0. The zero-order valence-corrected chi connectivity index (χ0v) is 19.6. The van der Waals surface area contributed by atoms with E-state index in [1.807, 2.05) is 36.4 Å². The number of carbonyl (C=O) groups is 2. The van der Waals surface area contributed by atoms with Gasteiger partial charge in [0.25, 0.3) is 5.91 Å². The first-order valence-electron chi connectivity index (χ1n) is 10.8. The summed E-state index contributed by atoms with van der Waals surface area (Å²) >= 11 is 0. The summed E-state index contributed by atoms with van der Waals surface area (Å²) in [4.78, 5) is 23.9. The van der Waals surface area contributed by atoms with Crippen LogP contribution in [0.15, 0.2) is 48.5 Å². The van der Waals surface area contributed by atoms with Gasteiger partial charge in [-0.25, -0.2) is 0 Å². The maximum Gasteiger partial charge on any atom is 0.251 e. The summed E-state index contributed by atoms with van der Waals surface area (Å²) in [7, 11) is 1.62. The number of rotatable bonds is 9. The van der Waals surface area contributed by atoms with Crippen LogP contribution in [-0.4, -0.2) is 38.6 Å². The van der Waals surface area contributed by atoms with Crippen LogP contribution in [0.5, 0.6) is 5.75 Å². The minimum Gasteiger partial charge on any atom is -0.497 e. The third kappa shape index (κ3) is 11.1. The smallest absolute Gasteiger partial charge is 0.251 e. The predicted octanol–water partition coefficient (Wildman–Crippen LogP) is 4.44. The quantitative estimate of drug-likeness (QED) is 0.517. The van der Waals surface area contributed by atoms with Gasteiger partial charge in [-0.05, 0) is 53.8 Å². The zero-order chi connectivity index (χ0) is 23.2. The average molecular weight is 428 g/mol. The third-order valence-corrected chi connectivity index (χ3v) is 4.12. The molecule has 0 spiro atoms. The Kier molecular flexibility index (Phi) is 11.8. The normalized spacial score (nSPS) is 10.2. The number of carbonyl (C=O) groups excluding carboxylic acids is 2. The van der Waals surface area contributed by atoms with Crippen molar-refractivity contribution in [3.8, 4) is 5.75 Å². The molecule has 0 fully saturated rings. The molecule has 170 valence electrons. The summed E-state index contributed by atoms with van der Waals surface area (Å²) in [6.45, 7) is 11.7. The van der Waals surface area contributed by atoms with E-state index in [1.165, 1.54) is 5.56 Å². The van der Waals surface area contributed by atoms with Gasteiger partial charge < -0.3 is 20.7 Å². The molecule has 0 saturated carbocycles.